The van der Waals surface area contributed by atoms with Gasteiger partial charge in [-0.3, -0.25) is 4.79 Å². The fourth-order valence-corrected chi connectivity index (χ4v) is 3.73. The minimum absolute atomic E-state index is 0.288. The Bertz CT molecular complexity index is 359. The van der Waals surface area contributed by atoms with E-state index in [1.54, 1.807) is 11.3 Å². The first kappa shape index (κ1) is 16.9. The zero-order valence-corrected chi connectivity index (χ0v) is 14.3. The molecule has 3 heteroatoms. The van der Waals surface area contributed by atoms with Gasteiger partial charge in [0.2, 0.25) is 0 Å². The molecule has 0 saturated carbocycles. The molecule has 0 radical (unpaired) electrons. The van der Waals surface area contributed by atoms with Gasteiger partial charge in [-0.1, -0.05) is 58.3 Å². The lowest BCUT2D eigenvalue weighted by atomic mass is 10.0. The summed E-state index contributed by atoms with van der Waals surface area (Å²) in [6.45, 7) is 2.25. The molecule has 0 N–H and O–H groups in total. The first-order valence-corrected chi connectivity index (χ1v) is 9.24. The molecule has 0 aliphatic heterocycles. The molecule has 108 valence electrons. The maximum atomic E-state index is 11.9. The second kappa shape index (κ2) is 10.6. The fourth-order valence-electron chi connectivity index (χ4n) is 2.21. The zero-order valence-electron chi connectivity index (χ0n) is 11.9. The molecule has 0 spiro atoms. The number of thiophene rings is 1. The second-order valence-electron chi connectivity index (χ2n) is 5.14. The third kappa shape index (κ3) is 7.26. The van der Waals surface area contributed by atoms with E-state index in [0.717, 1.165) is 16.5 Å². The van der Waals surface area contributed by atoms with Crippen molar-refractivity contribution in [3.05, 3.63) is 20.8 Å². The Morgan fingerprint density at radius 2 is 1.58 bits per heavy atom. The highest BCUT2D eigenvalue weighted by molar-refractivity contribution is 9.10. The fraction of sp³-hybridized carbons (Fsp3) is 0.688. The number of hydrogen-bond acceptors (Lipinski definition) is 2. The number of ketones is 1. The molecule has 0 aliphatic rings. The van der Waals surface area contributed by atoms with E-state index in [0.29, 0.717) is 6.42 Å². The normalized spacial score (nSPS) is 10.8. The predicted molar refractivity (Wildman–Crippen MR) is 88.2 cm³/mol. The second-order valence-corrected chi connectivity index (χ2v) is 6.73. The number of carbonyl (C=O) groups excluding carboxylic acids is 1. The molecule has 1 aromatic rings. The van der Waals surface area contributed by atoms with Crippen molar-refractivity contribution in [1.82, 2.24) is 0 Å². The van der Waals surface area contributed by atoms with Gasteiger partial charge in [0.25, 0.3) is 0 Å². The van der Waals surface area contributed by atoms with E-state index in [9.17, 15) is 4.79 Å². The number of Topliss-reactive ketones (excluding diaryl/α,β-unsaturated/α-hetero) is 1. The number of halogens is 1. The summed E-state index contributed by atoms with van der Waals surface area (Å²) in [6.07, 6.45) is 12.4. The highest BCUT2D eigenvalue weighted by atomic mass is 79.9. The van der Waals surface area contributed by atoms with Crippen LogP contribution < -0.4 is 0 Å². The Balaban J connectivity index is 1.96. The molecule has 0 aliphatic carbocycles. The van der Waals surface area contributed by atoms with Crippen LogP contribution in [0.25, 0.3) is 0 Å². The van der Waals surface area contributed by atoms with Gasteiger partial charge in [-0.05, 0) is 22.4 Å². The van der Waals surface area contributed by atoms with Crippen molar-refractivity contribution in [1.29, 1.82) is 0 Å². The van der Waals surface area contributed by atoms with Gasteiger partial charge >= 0.3 is 0 Å². The minimum Gasteiger partial charge on any atom is -0.294 e. The van der Waals surface area contributed by atoms with Crippen molar-refractivity contribution in [2.24, 2.45) is 0 Å². The van der Waals surface area contributed by atoms with Gasteiger partial charge in [0, 0.05) is 27.2 Å². The molecular weight excluding hydrogens is 320 g/mol. The van der Waals surface area contributed by atoms with E-state index >= 15 is 0 Å². The number of hydrogen-bond donors (Lipinski definition) is 0. The van der Waals surface area contributed by atoms with Gasteiger partial charge in [0.15, 0.2) is 5.78 Å². The summed E-state index contributed by atoms with van der Waals surface area (Å²) in [6, 6.07) is 0. The van der Waals surface area contributed by atoms with E-state index in [1.807, 2.05) is 10.8 Å². The quantitative estimate of drug-likeness (QED) is 0.325. The Kier molecular flexibility index (Phi) is 9.44. The van der Waals surface area contributed by atoms with Gasteiger partial charge in [0.1, 0.15) is 0 Å². The highest BCUT2D eigenvalue weighted by Crippen LogP contribution is 2.23. The van der Waals surface area contributed by atoms with Crippen molar-refractivity contribution in [2.45, 2.75) is 71.1 Å². The topological polar surface area (TPSA) is 17.1 Å². The molecule has 0 unspecified atom stereocenters. The first-order valence-electron chi connectivity index (χ1n) is 7.50. The third-order valence-electron chi connectivity index (χ3n) is 3.42. The first-order chi connectivity index (χ1) is 9.25. The van der Waals surface area contributed by atoms with E-state index < -0.39 is 0 Å². The molecule has 0 aromatic carbocycles. The van der Waals surface area contributed by atoms with Crippen LogP contribution in [0.2, 0.25) is 0 Å². The Morgan fingerprint density at radius 3 is 2.11 bits per heavy atom. The number of unbranched alkanes of at least 4 members (excludes halogenated alkanes) is 8. The van der Waals surface area contributed by atoms with E-state index in [1.165, 1.54) is 51.4 Å². The van der Waals surface area contributed by atoms with Gasteiger partial charge in [0.05, 0.1) is 0 Å². The van der Waals surface area contributed by atoms with Gasteiger partial charge in [-0.2, -0.15) is 11.3 Å². The van der Waals surface area contributed by atoms with E-state index in [4.69, 9.17) is 0 Å². The summed E-state index contributed by atoms with van der Waals surface area (Å²) >= 11 is 5.00. The van der Waals surface area contributed by atoms with Crippen molar-refractivity contribution >= 4 is 33.0 Å². The molecule has 1 aromatic heterocycles. The summed E-state index contributed by atoms with van der Waals surface area (Å²) in [5.41, 5.74) is 0.865. The smallest absolute Gasteiger partial charge is 0.164 e. The predicted octanol–water partition coefficient (Wildman–Crippen LogP) is 6.61. The van der Waals surface area contributed by atoms with Crippen LogP contribution in [0.5, 0.6) is 0 Å². The Labute approximate surface area is 129 Å². The van der Waals surface area contributed by atoms with Gasteiger partial charge < -0.3 is 0 Å². The molecule has 0 saturated heterocycles. The molecule has 0 amide bonds. The maximum Gasteiger partial charge on any atom is 0.164 e. The molecule has 0 fully saturated rings. The van der Waals surface area contributed by atoms with Crippen LogP contribution in [0.4, 0.5) is 0 Å². The molecule has 1 heterocycles. The van der Waals surface area contributed by atoms with Crippen LogP contribution in [0.15, 0.2) is 15.2 Å². The highest BCUT2D eigenvalue weighted by Gasteiger charge is 2.09. The van der Waals surface area contributed by atoms with Crippen molar-refractivity contribution < 1.29 is 4.79 Å². The van der Waals surface area contributed by atoms with Crippen LogP contribution in [0.1, 0.15) is 81.5 Å². The molecule has 0 atom stereocenters. The van der Waals surface area contributed by atoms with E-state index in [-0.39, 0.29) is 5.78 Å². The Hall–Kier alpha value is -0.150. The molecular formula is C16H25BrOS. The van der Waals surface area contributed by atoms with Crippen LogP contribution in [0.3, 0.4) is 0 Å². The SMILES string of the molecule is CCCCCCCCCCCC(=O)c1cscc1Br. The third-order valence-corrected chi connectivity index (χ3v) is 5.13. The monoisotopic (exact) mass is 344 g/mol. The number of rotatable bonds is 11. The molecule has 19 heavy (non-hydrogen) atoms. The number of carbonyl (C=O) groups is 1. The lowest BCUT2D eigenvalue weighted by Gasteiger charge is -2.02. The summed E-state index contributed by atoms with van der Waals surface area (Å²) in [5, 5.41) is 3.92. The standard InChI is InChI=1S/C16H25BrOS/c1-2-3-4-5-6-7-8-9-10-11-16(18)14-12-19-13-15(14)17/h12-13H,2-11H2,1H3. The summed E-state index contributed by atoms with van der Waals surface area (Å²) < 4.78 is 0.957. The minimum atomic E-state index is 0.288. The van der Waals surface area contributed by atoms with Crippen LogP contribution in [0, 0.1) is 0 Å². The summed E-state index contributed by atoms with van der Waals surface area (Å²) in [7, 11) is 0. The average Bonchev–Trinajstić information content (AvgIpc) is 2.83. The lowest BCUT2D eigenvalue weighted by Crippen LogP contribution is -1.97. The van der Waals surface area contributed by atoms with E-state index in [2.05, 4.69) is 22.9 Å². The van der Waals surface area contributed by atoms with Crippen LogP contribution in [-0.2, 0) is 0 Å². The summed E-state index contributed by atoms with van der Waals surface area (Å²) in [5.74, 6) is 0.288. The molecule has 1 rings (SSSR count). The zero-order chi connectivity index (χ0) is 13.9. The summed E-state index contributed by atoms with van der Waals surface area (Å²) in [4.78, 5) is 11.9. The largest absolute Gasteiger partial charge is 0.294 e. The van der Waals surface area contributed by atoms with Crippen molar-refractivity contribution in [3.8, 4) is 0 Å². The van der Waals surface area contributed by atoms with Gasteiger partial charge in [-0.25, -0.2) is 0 Å². The molecule has 1 nitrogen and oxygen atoms in total. The van der Waals surface area contributed by atoms with Crippen LogP contribution >= 0.6 is 27.3 Å². The Morgan fingerprint density at radius 1 is 1.00 bits per heavy atom. The average molecular weight is 345 g/mol. The van der Waals surface area contributed by atoms with Gasteiger partial charge in [-0.15, -0.1) is 0 Å². The van der Waals surface area contributed by atoms with Crippen molar-refractivity contribution in [3.63, 3.8) is 0 Å². The molecule has 0 bridgehead atoms. The van der Waals surface area contributed by atoms with Crippen molar-refractivity contribution in [2.75, 3.05) is 0 Å². The lowest BCUT2D eigenvalue weighted by molar-refractivity contribution is 0.0979. The van der Waals surface area contributed by atoms with Crippen LogP contribution in [-0.4, -0.2) is 5.78 Å². The maximum absolute atomic E-state index is 11.9.